The lowest BCUT2D eigenvalue weighted by atomic mass is 10.1. The third-order valence-electron chi connectivity index (χ3n) is 3.95. The van der Waals surface area contributed by atoms with Crippen molar-refractivity contribution < 1.29 is 0 Å². The Morgan fingerprint density at radius 1 is 1.37 bits per heavy atom. The summed E-state index contributed by atoms with van der Waals surface area (Å²) in [6, 6.07) is 2.43. The maximum absolute atomic E-state index is 6.36. The maximum atomic E-state index is 6.36. The van der Waals surface area contributed by atoms with Gasteiger partial charge in [-0.25, -0.2) is 4.98 Å². The second-order valence-electron chi connectivity index (χ2n) is 5.42. The molecule has 0 aliphatic heterocycles. The van der Waals surface area contributed by atoms with Gasteiger partial charge in [-0.1, -0.05) is 6.42 Å². The lowest BCUT2D eigenvalue weighted by molar-refractivity contribution is 0.667. The molecule has 2 aromatic heterocycles. The Morgan fingerprint density at radius 2 is 2.21 bits per heavy atom. The molecule has 4 heteroatoms. The Kier molecular flexibility index (Phi) is 3.71. The van der Waals surface area contributed by atoms with Crippen LogP contribution in [0.2, 0.25) is 0 Å². The van der Waals surface area contributed by atoms with Gasteiger partial charge in [0.15, 0.2) is 0 Å². The highest BCUT2D eigenvalue weighted by Crippen LogP contribution is 2.32. The molecule has 1 atom stereocenters. The predicted octanol–water partition coefficient (Wildman–Crippen LogP) is 2.99. The van der Waals surface area contributed by atoms with Crippen molar-refractivity contribution in [2.75, 3.05) is 0 Å². The zero-order valence-corrected chi connectivity index (χ0v) is 12.2. The molecule has 0 amide bonds. The van der Waals surface area contributed by atoms with Gasteiger partial charge in [0.05, 0.1) is 0 Å². The first-order valence-corrected chi connectivity index (χ1v) is 7.89. The van der Waals surface area contributed by atoms with E-state index in [2.05, 4.69) is 15.6 Å². The fourth-order valence-corrected chi connectivity index (χ4v) is 4.02. The number of hydrogen-bond donors (Lipinski definition) is 1. The molecule has 2 heterocycles. The Balaban J connectivity index is 1.77. The van der Waals surface area contributed by atoms with E-state index in [0.717, 1.165) is 12.2 Å². The van der Waals surface area contributed by atoms with Crippen LogP contribution in [0.25, 0.3) is 0 Å². The van der Waals surface area contributed by atoms with E-state index >= 15 is 0 Å². The van der Waals surface area contributed by atoms with Crippen LogP contribution < -0.4 is 5.73 Å². The van der Waals surface area contributed by atoms with E-state index in [9.17, 15) is 0 Å². The Bertz CT molecular complexity index is 532. The molecular weight excluding hydrogens is 254 g/mol. The van der Waals surface area contributed by atoms with Crippen molar-refractivity contribution in [1.29, 1.82) is 0 Å². The molecule has 1 aliphatic rings. The van der Waals surface area contributed by atoms with Crippen molar-refractivity contribution in [1.82, 2.24) is 9.55 Å². The quantitative estimate of drug-likeness (QED) is 0.875. The molecule has 3 rings (SSSR count). The number of thiophene rings is 1. The molecule has 0 aromatic carbocycles. The van der Waals surface area contributed by atoms with E-state index in [-0.39, 0.29) is 6.04 Å². The first-order chi connectivity index (χ1) is 9.24. The number of nitrogens with two attached hydrogens (primary N) is 1. The minimum Gasteiger partial charge on any atom is -0.338 e. The van der Waals surface area contributed by atoms with Crippen LogP contribution in [0.3, 0.4) is 0 Å². The van der Waals surface area contributed by atoms with Crippen LogP contribution in [0.4, 0.5) is 0 Å². The Hall–Kier alpha value is -1.13. The van der Waals surface area contributed by atoms with E-state index in [1.54, 1.807) is 10.4 Å². The lowest BCUT2D eigenvalue weighted by Crippen LogP contribution is -2.14. The molecule has 1 unspecified atom stereocenters. The number of rotatable bonds is 3. The van der Waals surface area contributed by atoms with Gasteiger partial charge >= 0.3 is 0 Å². The van der Waals surface area contributed by atoms with Crippen LogP contribution >= 0.6 is 11.3 Å². The molecule has 3 nitrogen and oxygen atoms in total. The summed E-state index contributed by atoms with van der Waals surface area (Å²) in [7, 11) is 2.03. The molecule has 19 heavy (non-hydrogen) atoms. The van der Waals surface area contributed by atoms with Crippen molar-refractivity contribution in [2.45, 2.75) is 44.6 Å². The fourth-order valence-electron chi connectivity index (χ4n) is 2.76. The minimum absolute atomic E-state index is 0.0815. The summed E-state index contributed by atoms with van der Waals surface area (Å²) >= 11 is 1.92. The van der Waals surface area contributed by atoms with E-state index in [0.29, 0.717) is 0 Å². The average molecular weight is 275 g/mol. The molecule has 2 aromatic rings. The molecular formula is C15H21N3S. The van der Waals surface area contributed by atoms with Crippen molar-refractivity contribution in [2.24, 2.45) is 12.8 Å². The summed E-state index contributed by atoms with van der Waals surface area (Å²) in [5.41, 5.74) is 7.91. The van der Waals surface area contributed by atoms with Crippen LogP contribution in [0.5, 0.6) is 0 Å². The molecule has 102 valence electrons. The smallest absolute Gasteiger partial charge is 0.110 e. The Morgan fingerprint density at radius 3 is 3.00 bits per heavy atom. The largest absolute Gasteiger partial charge is 0.338 e. The number of hydrogen-bond acceptors (Lipinski definition) is 3. The van der Waals surface area contributed by atoms with Crippen LogP contribution in [0.1, 0.15) is 46.4 Å². The Labute approximate surface area is 118 Å². The van der Waals surface area contributed by atoms with E-state index in [1.807, 2.05) is 30.8 Å². The molecule has 0 spiro atoms. The number of fused-ring (bicyclic) bond motifs is 1. The van der Waals surface area contributed by atoms with Gasteiger partial charge < -0.3 is 10.3 Å². The second kappa shape index (κ2) is 5.47. The summed E-state index contributed by atoms with van der Waals surface area (Å²) in [6.45, 7) is 0. The second-order valence-corrected chi connectivity index (χ2v) is 6.59. The van der Waals surface area contributed by atoms with Crippen molar-refractivity contribution in [3.63, 3.8) is 0 Å². The van der Waals surface area contributed by atoms with Crippen LogP contribution in [-0.4, -0.2) is 9.55 Å². The molecule has 2 N–H and O–H groups in total. The van der Waals surface area contributed by atoms with Gasteiger partial charge in [-0.15, -0.1) is 11.3 Å². The van der Waals surface area contributed by atoms with Gasteiger partial charge in [0.25, 0.3) is 0 Å². The summed E-state index contributed by atoms with van der Waals surface area (Å²) < 4.78 is 2.05. The van der Waals surface area contributed by atoms with Gasteiger partial charge in [-0.3, -0.25) is 0 Å². The molecule has 0 saturated carbocycles. The third-order valence-corrected chi connectivity index (χ3v) is 5.32. The highest BCUT2D eigenvalue weighted by molar-refractivity contribution is 7.12. The van der Waals surface area contributed by atoms with E-state index in [4.69, 9.17) is 5.73 Å². The van der Waals surface area contributed by atoms with Gasteiger partial charge in [0, 0.05) is 41.7 Å². The van der Waals surface area contributed by atoms with Gasteiger partial charge in [-0.2, -0.15) is 0 Å². The molecule has 1 aliphatic carbocycles. The van der Waals surface area contributed by atoms with Crippen LogP contribution in [0, 0.1) is 0 Å². The SMILES string of the molecule is Cn1ccnc1CC(N)c1cc2c(s1)CCCCC2. The van der Waals surface area contributed by atoms with Crippen molar-refractivity contribution in [3.05, 3.63) is 39.6 Å². The molecule has 0 fully saturated rings. The maximum Gasteiger partial charge on any atom is 0.110 e. The zero-order chi connectivity index (χ0) is 13.2. The number of imidazole rings is 1. The first kappa shape index (κ1) is 12.9. The molecule has 0 radical (unpaired) electrons. The monoisotopic (exact) mass is 275 g/mol. The third kappa shape index (κ3) is 2.74. The van der Waals surface area contributed by atoms with Crippen molar-refractivity contribution >= 4 is 11.3 Å². The van der Waals surface area contributed by atoms with Crippen LogP contribution in [0.15, 0.2) is 18.5 Å². The van der Waals surface area contributed by atoms with Gasteiger partial charge in [0.2, 0.25) is 0 Å². The lowest BCUT2D eigenvalue weighted by Gasteiger charge is -2.09. The van der Waals surface area contributed by atoms with E-state index in [1.165, 1.54) is 37.0 Å². The summed E-state index contributed by atoms with van der Waals surface area (Å²) in [4.78, 5) is 7.27. The summed E-state index contributed by atoms with van der Waals surface area (Å²) in [6.07, 6.45) is 11.2. The number of aromatic nitrogens is 2. The topological polar surface area (TPSA) is 43.8 Å². The van der Waals surface area contributed by atoms with Crippen LogP contribution in [-0.2, 0) is 26.3 Å². The number of nitrogens with zero attached hydrogens (tertiary/aromatic N) is 2. The van der Waals surface area contributed by atoms with E-state index < -0.39 is 0 Å². The van der Waals surface area contributed by atoms with Gasteiger partial charge in [0.1, 0.15) is 5.82 Å². The molecule has 0 saturated heterocycles. The molecule has 0 bridgehead atoms. The normalized spacial score (nSPS) is 16.9. The first-order valence-electron chi connectivity index (χ1n) is 7.07. The average Bonchev–Trinajstić information content (AvgIpc) is 2.91. The predicted molar refractivity (Wildman–Crippen MR) is 79.4 cm³/mol. The van der Waals surface area contributed by atoms with Gasteiger partial charge in [-0.05, 0) is 37.3 Å². The fraction of sp³-hybridized carbons (Fsp3) is 0.533. The summed E-state index contributed by atoms with van der Waals surface area (Å²) in [5, 5.41) is 0. The summed E-state index contributed by atoms with van der Waals surface area (Å²) in [5.74, 6) is 1.07. The highest BCUT2D eigenvalue weighted by atomic mass is 32.1. The minimum atomic E-state index is 0.0815. The number of aryl methyl sites for hydroxylation is 3. The highest BCUT2D eigenvalue weighted by Gasteiger charge is 2.17. The van der Waals surface area contributed by atoms with Crippen molar-refractivity contribution in [3.8, 4) is 0 Å². The standard InChI is InChI=1S/C15H21N3S/c1-18-8-7-17-15(18)10-12(16)14-9-11-5-3-2-4-6-13(11)19-14/h7-9,12H,2-6,10,16H2,1H3. The zero-order valence-electron chi connectivity index (χ0n) is 11.4.